The molecule has 176 valence electrons. The largest absolute Gasteiger partial charge is 1.00 e. The average Bonchev–Trinajstić information content (AvgIpc) is 3.28. The van der Waals surface area contributed by atoms with E-state index in [1.54, 1.807) is 6.20 Å². The van der Waals surface area contributed by atoms with Crippen LogP contribution in [0.1, 0.15) is 59.7 Å². The quantitative estimate of drug-likeness (QED) is 0.370. The highest BCUT2D eigenvalue weighted by Gasteiger charge is 2.44. The molecule has 1 aliphatic carbocycles. The van der Waals surface area contributed by atoms with Crippen LogP contribution in [0.3, 0.4) is 0 Å². The standard InChI is InChI=1S/C27H33N2O3.BrH/c1-29(2,20-25(30)21-12-6-3-7-13-21)19-24-18-28-26(32-24)27(31,22-14-8-4-9-15-22)23-16-10-5-11-17-23;/h3-4,6-9,12-15,18,23,31H,5,10-11,16-17,19-20H2,1-2H3;1H/q+1;/p-1. The van der Waals surface area contributed by atoms with Crippen LogP contribution in [0.25, 0.3) is 0 Å². The highest BCUT2D eigenvalue weighted by Crippen LogP contribution is 2.43. The Balaban J connectivity index is 0.00000306. The van der Waals surface area contributed by atoms with Crippen molar-refractivity contribution >= 4 is 5.78 Å². The summed E-state index contributed by atoms with van der Waals surface area (Å²) in [7, 11) is 4.02. The van der Waals surface area contributed by atoms with E-state index in [2.05, 4.69) is 4.98 Å². The van der Waals surface area contributed by atoms with Gasteiger partial charge in [-0.2, -0.15) is 0 Å². The van der Waals surface area contributed by atoms with Crippen LogP contribution in [-0.2, 0) is 12.1 Å². The summed E-state index contributed by atoms with van der Waals surface area (Å²) in [6.45, 7) is 0.868. The third-order valence-electron chi connectivity index (χ3n) is 6.54. The van der Waals surface area contributed by atoms with Crippen molar-refractivity contribution in [1.29, 1.82) is 0 Å². The molecule has 6 heteroatoms. The number of Topliss-reactive ketones (excluding diaryl/α,β-unsaturated/α-hetero) is 1. The van der Waals surface area contributed by atoms with E-state index < -0.39 is 5.60 Å². The first-order chi connectivity index (χ1) is 15.4. The molecule has 0 aliphatic heterocycles. The van der Waals surface area contributed by atoms with E-state index in [-0.39, 0.29) is 28.7 Å². The van der Waals surface area contributed by atoms with Gasteiger partial charge in [0.25, 0.3) is 0 Å². The molecular weight excluding hydrogens is 480 g/mol. The van der Waals surface area contributed by atoms with E-state index in [1.807, 2.05) is 74.8 Å². The fourth-order valence-electron chi connectivity index (χ4n) is 4.89. The molecule has 0 radical (unpaired) electrons. The Labute approximate surface area is 206 Å². The number of ketones is 1. The van der Waals surface area contributed by atoms with Gasteiger partial charge in [0.1, 0.15) is 13.1 Å². The molecule has 0 bridgehead atoms. The number of carbonyl (C=O) groups is 1. The topological polar surface area (TPSA) is 63.3 Å². The van der Waals surface area contributed by atoms with Crippen LogP contribution in [0, 0.1) is 5.92 Å². The highest BCUT2D eigenvalue weighted by atomic mass is 79.9. The van der Waals surface area contributed by atoms with Gasteiger partial charge in [-0.15, -0.1) is 0 Å². The smallest absolute Gasteiger partial charge is 0.231 e. The third-order valence-corrected chi connectivity index (χ3v) is 6.54. The molecule has 5 nitrogen and oxygen atoms in total. The summed E-state index contributed by atoms with van der Waals surface area (Å²) < 4.78 is 6.63. The van der Waals surface area contributed by atoms with Crippen LogP contribution in [0.4, 0.5) is 0 Å². The maximum Gasteiger partial charge on any atom is 0.231 e. The zero-order valence-corrected chi connectivity index (χ0v) is 21.0. The summed E-state index contributed by atoms with van der Waals surface area (Å²) in [4.78, 5) is 17.3. The minimum atomic E-state index is -1.24. The lowest BCUT2D eigenvalue weighted by atomic mass is 9.73. The van der Waals surface area contributed by atoms with E-state index in [0.29, 0.717) is 34.8 Å². The van der Waals surface area contributed by atoms with E-state index >= 15 is 0 Å². The molecule has 1 atom stereocenters. The Morgan fingerprint density at radius 2 is 1.64 bits per heavy atom. The molecule has 1 aromatic heterocycles. The molecule has 1 aliphatic rings. The summed E-state index contributed by atoms with van der Waals surface area (Å²) in [5.41, 5.74) is 0.303. The number of carbonyl (C=O) groups excluding carboxylic acids is 1. The minimum Gasteiger partial charge on any atom is -1.00 e. The lowest BCUT2D eigenvalue weighted by molar-refractivity contribution is -0.896. The molecule has 0 spiro atoms. The van der Waals surface area contributed by atoms with Gasteiger partial charge in [0, 0.05) is 11.5 Å². The van der Waals surface area contributed by atoms with Crippen LogP contribution in [-0.4, -0.2) is 41.0 Å². The van der Waals surface area contributed by atoms with Crippen molar-refractivity contribution in [1.82, 2.24) is 4.98 Å². The fraction of sp³-hybridized carbons (Fsp3) is 0.407. The summed E-state index contributed by atoms with van der Waals surface area (Å²) >= 11 is 0. The van der Waals surface area contributed by atoms with Crippen LogP contribution >= 0.6 is 0 Å². The fourth-order valence-corrected chi connectivity index (χ4v) is 4.89. The number of aromatic nitrogens is 1. The molecule has 1 saturated carbocycles. The van der Waals surface area contributed by atoms with E-state index in [4.69, 9.17) is 4.42 Å². The second-order valence-corrected chi connectivity index (χ2v) is 9.64. The van der Waals surface area contributed by atoms with Gasteiger partial charge in [-0.3, -0.25) is 4.79 Å². The molecule has 3 aromatic rings. The second kappa shape index (κ2) is 10.8. The average molecular weight is 513 g/mol. The highest BCUT2D eigenvalue weighted by molar-refractivity contribution is 5.96. The van der Waals surface area contributed by atoms with Gasteiger partial charge in [0.05, 0.1) is 20.3 Å². The zero-order valence-electron chi connectivity index (χ0n) is 19.4. The lowest BCUT2D eigenvalue weighted by Gasteiger charge is -2.36. The number of benzene rings is 2. The number of quaternary nitrogens is 1. The molecule has 1 fully saturated rings. The molecule has 4 rings (SSSR count). The summed E-state index contributed by atoms with van der Waals surface area (Å²) in [6, 6.07) is 19.1. The van der Waals surface area contributed by atoms with Gasteiger partial charge in [-0.05, 0) is 18.4 Å². The maximum absolute atomic E-state index is 12.7. The number of hydrogen-bond donors (Lipinski definition) is 1. The van der Waals surface area contributed by atoms with Crippen LogP contribution in [0.5, 0.6) is 0 Å². The van der Waals surface area contributed by atoms with Crippen molar-refractivity contribution in [3.63, 3.8) is 0 Å². The van der Waals surface area contributed by atoms with E-state index in [1.165, 1.54) is 6.42 Å². The molecular formula is C27H33BrN2O3. The van der Waals surface area contributed by atoms with Crippen molar-refractivity contribution in [3.05, 3.63) is 89.6 Å². The van der Waals surface area contributed by atoms with Gasteiger partial charge >= 0.3 is 0 Å². The number of nitrogens with zero attached hydrogens (tertiary/aromatic N) is 2. The first-order valence-electron chi connectivity index (χ1n) is 11.5. The molecule has 2 aromatic carbocycles. The predicted octanol–water partition coefficient (Wildman–Crippen LogP) is 1.95. The third kappa shape index (κ3) is 5.81. The van der Waals surface area contributed by atoms with Crippen LogP contribution in [0.15, 0.2) is 71.3 Å². The van der Waals surface area contributed by atoms with Crippen molar-refractivity contribution in [2.24, 2.45) is 5.92 Å². The molecule has 33 heavy (non-hydrogen) atoms. The number of halogens is 1. The number of hydrogen-bond acceptors (Lipinski definition) is 4. The normalized spacial score (nSPS) is 16.6. The lowest BCUT2D eigenvalue weighted by Crippen LogP contribution is -3.00. The van der Waals surface area contributed by atoms with Gasteiger partial charge in [-0.1, -0.05) is 79.9 Å². The van der Waals surface area contributed by atoms with Gasteiger partial charge < -0.3 is 31.0 Å². The van der Waals surface area contributed by atoms with Gasteiger partial charge in [-0.25, -0.2) is 4.98 Å². The van der Waals surface area contributed by atoms with Crippen molar-refractivity contribution in [3.8, 4) is 0 Å². The molecule has 1 N–H and O–H groups in total. The van der Waals surface area contributed by atoms with Crippen LogP contribution in [0.2, 0.25) is 0 Å². The zero-order chi connectivity index (χ0) is 22.6. The number of aliphatic hydroxyl groups is 1. The molecule has 1 heterocycles. The summed E-state index contributed by atoms with van der Waals surface area (Å²) in [6.07, 6.45) is 7.04. The summed E-state index contributed by atoms with van der Waals surface area (Å²) in [5, 5.41) is 12.0. The van der Waals surface area contributed by atoms with Crippen molar-refractivity contribution < 1.29 is 35.8 Å². The Morgan fingerprint density at radius 1 is 1.03 bits per heavy atom. The number of rotatable bonds is 8. The minimum absolute atomic E-state index is 0. The van der Waals surface area contributed by atoms with Crippen LogP contribution < -0.4 is 17.0 Å². The molecule has 0 saturated heterocycles. The first-order valence-corrected chi connectivity index (χ1v) is 11.5. The number of oxazole rings is 1. The monoisotopic (exact) mass is 512 g/mol. The van der Waals surface area contributed by atoms with Gasteiger partial charge in [0.2, 0.25) is 11.7 Å². The number of likely N-dealkylation sites (N-methyl/N-ethyl adjacent to an activating group) is 1. The maximum atomic E-state index is 12.7. The molecule has 1 unspecified atom stereocenters. The molecule has 0 amide bonds. The van der Waals surface area contributed by atoms with Crippen molar-refractivity contribution in [2.45, 2.75) is 44.2 Å². The van der Waals surface area contributed by atoms with Gasteiger partial charge in [0.15, 0.2) is 11.4 Å². The Bertz CT molecular complexity index is 1030. The first kappa shape index (κ1) is 25.3. The Morgan fingerprint density at radius 3 is 2.27 bits per heavy atom. The van der Waals surface area contributed by atoms with Crippen molar-refractivity contribution in [2.75, 3.05) is 20.6 Å². The SMILES string of the molecule is C[N+](C)(CC(=O)c1ccccc1)Cc1cnc(C(O)(c2ccccc2)C2CCCCC2)o1.[Br-]. The Kier molecular flexibility index (Phi) is 8.27. The summed E-state index contributed by atoms with van der Waals surface area (Å²) in [5.74, 6) is 1.21. The predicted molar refractivity (Wildman–Crippen MR) is 124 cm³/mol. The van der Waals surface area contributed by atoms with E-state index in [0.717, 1.165) is 31.2 Å². The second-order valence-electron chi connectivity index (χ2n) is 9.64. The Hall–Kier alpha value is -2.28. The van der Waals surface area contributed by atoms with E-state index in [9.17, 15) is 9.90 Å².